The van der Waals surface area contributed by atoms with E-state index in [1.54, 1.807) is 0 Å². The van der Waals surface area contributed by atoms with Crippen LogP contribution in [0.15, 0.2) is 174 Å². The number of para-hydroxylation sites is 3. The van der Waals surface area contributed by atoms with Gasteiger partial charge in [-0.3, -0.25) is 0 Å². The van der Waals surface area contributed by atoms with E-state index in [-0.39, 0.29) is 0 Å². The average Bonchev–Trinajstić information content (AvgIpc) is 3.83. The van der Waals surface area contributed by atoms with Gasteiger partial charge in [0.15, 0.2) is 17.5 Å². The van der Waals surface area contributed by atoms with Gasteiger partial charge >= 0.3 is 0 Å². The van der Waals surface area contributed by atoms with Crippen LogP contribution in [0.25, 0.3) is 110 Å². The summed E-state index contributed by atoms with van der Waals surface area (Å²) >= 11 is 1.82. The van der Waals surface area contributed by atoms with Gasteiger partial charge in [-0.05, 0) is 12.1 Å². The molecule has 0 radical (unpaired) electrons. The Hall–Kier alpha value is -7.02. The van der Waals surface area contributed by atoms with Crippen LogP contribution in [0.5, 0.6) is 0 Å². The zero-order valence-electron chi connectivity index (χ0n) is 28.8. The molecule has 0 fully saturated rings. The molecule has 0 aliphatic heterocycles. The van der Waals surface area contributed by atoms with Gasteiger partial charge in [-0.2, -0.15) is 0 Å². The molecule has 0 unspecified atom stereocenters. The van der Waals surface area contributed by atoms with E-state index in [1.165, 1.54) is 14.8 Å². The SMILES string of the molecule is c1ccc(-c2nc(-c3ccccc3)nc(-c3ccc(-c4nc5c(-c6cccc7c6oc6ccccc67)cccc5c5sc6ccccc6c45)cc3)n2)cc1. The highest BCUT2D eigenvalue weighted by atomic mass is 32.1. The Bertz CT molecular complexity index is 3150. The fourth-order valence-corrected chi connectivity index (χ4v) is 8.82. The lowest BCUT2D eigenvalue weighted by Crippen LogP contribution is -2.00. The highest BCUT2D eigenvalue weighted by Crippen LogP contribution is 2.46. The Morgan fingerprint density at radius 1 is 0.389 bits per heavy atom. The third-order valence-electron chi connectivity index (χ3n) is 10.1. The summed E-state index contributed by atoms with van der Waals surface area (Å²) in [6.07, 6.45) is 0. The Labute approximate surface area is 313 Å². The van der Waals surface area contributed by atoms with Gasteiger partial charge in [-0.1, -0.05) is 158 Å². The lowest BCUT2D eigenvalue weighted by molar-refractivity contribution is 0.670. The third kappa shape index (κ3) is 4.92. The van der Waals surface area contributed by atoms with Crippen LogP contribution in [0.3, 0.4) is 0 Å². The Morgan fingerprint density at radius 3 is 1.63 bits per heavy atom. The predicted molar refractivity (Wildman–Crippen MR) is 222 cm³/mol. The second kappa shape index (κ2) is 12.3. The van der Waals surface area contributed by atoms with E-state index in [2.05, 4.69) is 97.1 Å². The van der Waals surface area contributed by atoms with E-state index in [9.17, 15) is 0 Å². The zero-order chi connectivity index (χ0) is 35.6. The maximum atomic E-state index is 6.52. The van der Waals surface area contributed by atoms with Crippen molar-refractivity contribution in [2.75, 3.05) is 0 Å². The molecule has 0 aliphatic carbocycles. The van der Waals surface area contributed by atoms with Crippen molar-refractivity contribution < 1.29 is 4.42 Å². The molecule has 6 heteroatoms. The molecule has 0 bridgehead atoms. The average molecular weight is 709 g/mol. The number of hydrogen-bond donors (Lipinski definition) is 0. The van der Waals surface area contributed by atoms with Crippen molar-refractivity contribution in [2.24, 2.45) is 0 Å². The standard InChI is InChI=1S/C48H28N4OS/c1-3-13-30(14-4-1)46-50-47(31-15-5-2-6-16-31)52-48(51-46)32-27-25-29(26-28-32)42-41-37-18-8-10-24-40(37)54-45(41)38-22-11-19-34(43(38)49-42)36-21-12-20-35-33-17-7-9-23-39(33)53-44(35)36/h1-28H. The first-order valence-electron chi connectivity index (χ1n) is 17.9. The topological polar surface area (TPSA) is 64.7 Å². The zero-order valence-corrected chi connectivity index (χ0v) is 29.6. The first-order chi connectivity index (χ1) is 26.8. The van der Waals surface area contributed by atoms with E-state index in [0.29, 0.717) is 17.5 Å². The molecule has 0 spiro atoms. The van der Waals surface area contributed by atoms with Crippen LogP contribution in [0.1, 0.15) is 0 Å². The van der Waals surface area contributed by atoms with Crippen LogP contribution in [0.2, 0.25) is 0 Å². The highest BCUT2D eigenvalue weighted by molar-refractivity contribution is 7.26. The molecule has 11 rings (SSSR count). The number of thiophene rings is 1. The van der Waals surface area contributed by atoms with E-state index in [1.807, 2.05) is 84.1 Å². The fraction of sp³-hybridized carbons (Fsp3) is 0. The number of nitrogens with zero attached hydrogens (tertiary/aromatic N) is 4. The summed E-state index contributed by atoms with van der Waals surface area (Å²) in [5.41, 5.74) is 9.52. The molecule has 7 aromatic carbocycles. The van der Waals surface area contributed by atoms with Gasteiger partial charge < -0.3 is 4.42 Å². The molecule has 4 heterocycles. The summed E-state index contributed by atoms with van der Waals surface area (Å²) in [7, 11) is 0. The van der Waals surface area contributed by atoms with Crippen LogP contribution in [-0.2, 0) is 0 Å². The predicted octanol–water partition coefficient (Wildman–Crippen LogP) is 13.0. The fourth-order valence-electron chi connectivity index (χ4n) is 7.59. The molecule has 252 valence electrons. The van der Waals surface area contributed by atoms with Crippen molar-refractivity contribution in [3.05, 3.63) is 170 Å². The van der Waals surface area contributed by atoms with Gasteiger partial charge in [0.2, 0.25) is 0 Å². The van der Waals surface area contributed by atoms with Gasteiger partial charge in [0.25, 0.3) is 0 Å². The smallest absolute Gasteiger partial charge is 0.164 e. The number of fused-ring (bicyclic) bond motifs is 8. The van der Waals surface area contributed by atoms with Crippen molar-refractivity contribution >= 4 is 64.4 Å². The van der Waals surface area contributed by atoms with Crippen LogP contribution in [0, 0.1) is 0 Å². The molecule has 4 aromatic heterocycles. The number of pyridine rings is 1. The Kier molecular flexibility index (Phi) is 6.97. The molecule has 5 nitrogen and oxygen atoms in total. The van der Waals surface area contributed by atoms with Crippen molar-refractivity contribution in [3.8, 4) is 56.5 Å². The molecular weight excluding hydrogens is 681 g/mol. The van der Waals surface area contributed by atoms with Crippen LogP contribution in [0.4, 0.5) is 0 Å². The quantitative estimate of drug-likeness (QED) is 0.178. The summed E-state index contributed by atoms with van der Waals surface area (Å²) in [6.45, 7) is 0. The lowest BCUT2D eigenvalue weighted by atomic mass is 9.97. The van der Waals surface area contributed by atoms with Crippen molar-refractivity contribution in [1.82, 2.24) is 19.9 Å². The largest absolute Gasteiger partial charge is 0.455 e. The van der Waals surface area contributed by atoms with Crippen LogP contribution in [-0.4, -0.2) is 19.9 Å². The van der Waals surface area contributed by atoms with E-state index < -0.39 is 0 Å². The van der Waals surface area contributed by atoms with Gasteiger partial charge in [-0.25, -0.2) is 19.9 Å². The lowest BCUT2D eigenvalue weighted by Gasteiger charge is -2.12. The molecule has 0 N–H and O–H groups in total. The molecule has 0 aliphatic rings. The first kappa shape index (κ1) is 30.6. The van der Waals surface area contributed by atoms with Crippen molar-refractivity contribution in [3.63, 3.8) is 0 Å². The van der Waals surface area contributed by atoms with Gasteiger partial charge in [-0.15, -0.1) is 11.3 Å². The number of benzene rings is 7. The minimum Gasteiger partial charge on any atom is -0.455 e. The molecule has 54 heavy (non-hydrogen) atoms. The summed E-state index contributed by atoms with van der Waals surface area (Å²) in [6, 6.07) is 58.4. The number of hydrogen-bond acceptors (Lipinski definition) is 6. The van der Waals surface area contributed by atoms with E-state index in [0.717, 1.165) is 77.3 Å². The molecule has 0 atom stereocenters. The van der Waals surface area contributed by atoms with Crippen LogP contribution < -0.4 is 0 Å². The number of aromatic nitrogens is 4. The first-order valence-corrected chi connectivity index (χ1v) is 18.7. The Morgan fingerprint density at radius 2 is 0.926 bits per heavy atom. The van der Waals surface area contributed by atoms with E-state index >= 15 is 0 Å². The molecular formula is C48H28N4OS. The second-order valence-electron chi connectivity index (χ2n) is 13.4. The summed E-state index contributed by atoms with van der Waals surface area (Å²) in [5.74, 6) is 1.89. The highest BCUT2D eigenvalue weighted by Gasteiger charge is 2.21. The number of rotatable bonds is 5. The normalized spacial score (nSPS) is 11.7. The molecule has 0 saturated carbocycles. The van der Waals surface area contributed by atoms with Gasteiger partial charge in [0, 0.05) is 69.7 Å². The maximum Gasteiger partial charge on any atom is 0.164 e. The maximum absolute atomic E-state index is 6.52. The molecule has 0 amide bonds. The van der Waals surface area contributed by atoms with Gasteiger partial charge in [0.05, 0.1) is 11.2 Å². The minimum atomic E-state index is 0.619. The molecule has 11 aromatic rings. The van der Waals surface area contributed by atoms with Crippen LogP contribution >= 0.6 is 11.3 Å². The molecule has 0 saturated heterocycles. The Balaban J connectivity index is 1.11. The summed E-state index contributed by atoms with van der Waals surface area (Å²) in [5, 5.41) is 5.70. The monoisotopic (exact) mass is 708 g/mol. The van der Waals surface area contributed by atoms with E-state index in [4.69, 9.17) is 24.4 Å². The summed E-state index contributed by atoms with van der Waals surface area (Å²) in [4.78, 5) is 20.4. The third-order valence-corrected chi connectivity index (χ3v) is 11.4. The van der Waals surface area contributed by atoms with Crippen molar-refractivity contribution in [2.45, 2.75) is 0 Å². The second-order valence-corrected chi connectivity index (χ2v) is 14.4. The van der Waals surface area contributed by atoms with Crippen molar-refractivity contribution in [1.29, 1.82) is 0 Å². The van der Waals surface area contributed by atoms with Gasteiger partial charge in [0.1, 0.15) is 11.2 Å². The summed E-state index contributed by atoms with van der Waals surface area (Å²) < 4.78 is 8.98. The number of furan rings is 1. The minimum absolute atomic E-state index is 0.619.